The van der Waals surface area contributed by atoms with Crippen LogP contribution in [0.2, 0.25) is 0 Å². The summed E-state index contributed by atoms with van der Waals surface area (Å²) >= 11 is 0. The second-order valence-electron chi connectivity index (χ2n) is 5.13. The molecule has 20 heavy (non-hydrogen) atoms. The molecule has 1 fully saturated rings. The molecule has 0 spiro atoms. The highest BCUT2D eigenvalue weighted by atomic mass is 16.5. The molecule has 1 saturated heterocycles. The predicted octanol–water partition coefficient (Wildman–Crippen LogP) is 1.05. The van der Waals surface area contributed by atoms with E-state index in [0.717, 1.165) is 31.9 Å². The van der Waals surface area contributed by atoms with Crippen molar-refractivity contribution in [3.8, 4) is 0 Å². The highest BCUT2D eigenvalue weighted by Crippen LogP contribution is 2.17. The summed E-state index contributed by atoms with van der Waals surface area (Å²) < 4.78 is 5.44. The normalized spacial score (nSPS) is 19.1. The molecule has 6 heteroatoms. The van der Waals surface area contributed by atoms with Gasteiger partial charge in [0.05, 0.1) is 17.6 Å². The van der Waals surface area contributed by atoms with Crippen molar-refractivity contribution < 1.29 is 4.74 Å². The average molecular weight is 275 g/mol. The fourth-order valence-corrected chi connectivity index (χ4v) is 2.46. The Morgan fingerprint density at radius 1 is 1.20 bits per heavy atom. The number of hydrogen-bond donors (Lipinski definition) is 3. The van der Waals surface area contributed by atoms with Gasteiger partial charge in [0.25, 0.3) is 0 Å². The molecule has 1 unspecified atom stereocenters. The van der Waals surface area contributed by atoms with E-state index in [2.05, 4.69) is 15.3 Å². The summed E-state index contributed by atoms with van der Waals surface area (Å²) in [7, 11) is 0. The molecule has 1 aliphatic rings. The lowest BCUT2D eigenvalue weighted by atomic mass is 10.0. The molecule has 1 aliphatic heterocycles. The lowest BCUT2D eigenvalue weighted by Gasteiger charge is -2.22. The minimum atomic E-state index is -0.629. The molecule has 0 amide bonds. The summed E-state index contributed by atoms with van der Waals surface area (Å²) in [5.41, 5.74) is 0.916. The van der Waals surface area contributed by atoms with Crippen molar-refractivity contribution in [2.45, 2.75) is 12.8 Å². The van der Waals surface area contributed by atoms with Crippen molar-refractivity contribution in [1.82, 2.24) is 9.97 Å². The second kappa shape index (κ2) is 5.50. The van der Waals surface area contributed by atoms with Crippen molar-refractivity contribution in [2.75, 3.05) is 25.1 Å². The Bertz CT molecular complexity index is 713. The van der Waals surface area contributed by atoms with E-state index in [0.29, 0.717) is 17.0 Å². The van der Waals surface area contributed by atoms with Crippen LogP contribution in [0.5, 0.6) is 0 Å². The van der Waals surface area contributed by atoms with Crippen LogP contribution in [0.15, 0.2) is 27.8 Å². The van der Waals surface area contributed by atoms with Gasteiger partial charge in [0.2, 0.25) is 0 Å². The summed E-state index contributed by atoms with van der Waals surface area (Å²) in [5.74, 6) is 0.522. The van der Waals surface area contributed by atoms with E-state index in [1.165, 1.54) is 6.42 Å². The average Bonchev–Trinajstić information content (AvgIpc) is 2.47. The van der Waals surface area contributed by atoms with Crippen LogP contribution in [0.3, 0.4) is 0 Å². The number of aromatic nitrogens is 2. The maximum absolute atomic E-state index is 11.3. The standard InChI is InChI=1S/C14H17N3O3/c18-13-14(19)17-12-6-10(3-4-11(12)16-13)15-7-9-2-1-5-20-8-9/h3-4,6,9,15H,1-2,5,7-8H2,(H,16,18)(H,17,19). The zero-order chi connectivity index (χ0) is 13.9. The van der Waals surface area contributed by atoms with Gasteiger partial charge in [-0.25, -0.2) is 0 Å². The van der Waals surface area contributed by atoms with Gasteiger partial charge in [0, 0.05) is 18.8 Å². The van der Waals surface area contributed by atoms with Crippen molar-refractivity contribution in [3.63, 3.8) is 0 Å². The number of fused-ring (bicyclic) bond motifs is 1. The van der Waals surface area contributed by atoms with Gasteiger partial charge >= 0.3 is 11.1 Å². The van der Waals surface area contributed by atoms with Crippen molar-refractivity contribution in [1.29, 1.82) is 0 Å². The number of benzene rings is 1. The molecule has 0 radical (unpaired) electrons. The third-order valence-electron chi connectivity index (χ3n) is 3.57. The highest BCUT2D eigenvalue weighted by Gasteiger charge is 2.13. The fourth-order valence-electron chi connectivity index (χ4n) is 2.46. The lowest BCUT2D eigenvalue weighted by molar-refractivity contribution is 0.0595. The molecule has 6 nitrogen and oxygen atoms in total. The van der Waals surface area contributed by atoms with Crippen LogP contribution >= 0.6 is 0 Å². The zero-order valence-corrected chi connectivity index (χ0v) is 11.1. The molecule has 2 heterocycles. The number of nitrogens with one attached hydrogen (secondary N) is 3. The van der Waals surface area contributed by atoms with Crippen molar-refractivity contribution in [2.24, 2.45) is 5.92 Å². The van der Waals surface area contributed by atoms with Gasteiger partial charge in [-0.05, 0) is 37.0 Å². The van der Waals surface area contributed by atoms with E-state index < -0.39 is 11.1 Å². The van der Waals surface area contributed by atoms with Crippen molar-refractivity contribution >= 4 is 16.7 Å². The number of H-pyrrole nitrogens is 2. The molecule has 106 valence electrons. The molecule has 0 aliphatic carbocycles. The Kier molecular flexibility index (Phi) is 3.56. The van der Waals surface area contributed by atoms with Crippen LogP contribution in [-0.4, -0.2) is 29.7 Å². The van der Waals surface area contributed by atoms with Crippen LogP contribution < -0.4 is 16.4 Å². The molecule has 2 aromatic rings. The molecule has 1 atom stereocenters. The summed E-state index contributed by atoms with van der Waals surface area (Å²) in [5, 5.41) is 3.35. The Balaban J connectivity index is 1.76. The Hall–Kier alpha value is -2.08. The van der Waals surface area contributed by atoms with Gasteiger partial charge in [-0.1, -0.05) is 0 Å². The number of aromatic amines is 2. The zero-order valence-electron chi connectivity index (χ0n) is 11.1. The predicted molar refractivity (Wildman–Crippen MR) is 77.2 cm³/mol. The van der Waals surface area contributed by atoms with E-state index in [-0.39, 0.29) is 0 Å². The highest BCUT2D eigenvalue weighted by molar-refractivity contribution is 5.78. The third-order valence-corrected chi connectivity index (χ3v) is 3.57. The van der Waals surface area contributed by atoms with E-state index in [4.69, 9.17) is 4.74 Å². The fraction of sp³-hybridized carbons (Fsp3) is 0.429. The maximum Gasteiger partial charge on any atom is 0.314 e. The molecular formula is C14H17N3O3. The quantitative estimate of drug-likeness (QED) is 0.731. The first-order valence-electron chi connectivity index (χ1n) is 6.80. The third kappa shape index (κ3) is 2.75. The number of anilines is 1. The monoisotopic (exact) mass is 275 g/mol. The summed E-state index contributed by atoms with van der Waals surface area (Å²) in [6, 6.07) is 5.50. The molecule has 1 aromatic carbocycles. The smallest absolute Gasteiger partial charge is 0.314 e. The SMILES string of the molecule is O=c1[nH]c2ccc(NCC3CCCOC3)cc2[nH]c1=O. The van der Waals surface area contributed by atoms with Gasteiger partial charge in [-0.15, -0.1) is 0 Å². The van der Waals surface area contributed by atoms with Gasteiger partial charge in [-0.2, -0.15) is 0 Å². The lowest BCUT2D eigenvalue weighted by Crippen LogP contribution is -2.29. The van der Waals surface area contributed by atoms with Gasteiger partial charge < -0.3 is 20.0 Å². The summed E-state index contributed by atoms with van der Waals surface area (Å²) in [6.45, 7) is 2.50. The topological polar surface area (TPSA) is 87.0 Å². The summed E-state index contributed by atoms with van der Waals surface area (Å²) in [6.07, 6.45) is 2.28. The maximum atomic E-state index is 11.3. The first-order chi connectivity index (χ1) is 9.72. The van der Waals surface area contributed by atoms with Crippen molar-refractivity contribution in [3.05, 3.63) is 38.9 Å². The van der Waals surface area contributed by atoms with Crippen LogP contribution in [0.25, 0.3) is 11.0 Å². The first-order valence-corrected chi connectivity index (χ1v) is 6.80. The van der Waals surface area contributed by atoms with E-state index in [1.54, 1.807) is 6.07 Å². The number of hydrogen-bond acceptors (Lipinski definition) is 4. The van der Waals surface area contributed by atoms with Gasteiger partial charge in [0.1, 0.15) is 0 Å². The number of rotatable bonds is 3. The molecular weight excluding hydrogens is 258 g/mol. The Morgan fingerprint density at radius 3 is 2.75 bits per heavy atom. The molecule has 0 bridgehead atoms. The summed E-state index contributed by atoms with van der Waals surface area (Å²) in [4.78, 5) is 27.7. The van der Waals surface area contributed by atoms with Gasteiger partial charge in [0.15, 0.2) is 0 Å². The van der Waals surface area contributed by atoms with Crippen LogP contribution in [-0.2, 0) is 4.74 Å². The molecule has 0 saturated carbocycles. The van der Waals surface area contributed by atoms with Crippen LogP contribution in [0.4, 0.5) is 5.69 Å². The Labute approximate surface area is 115 Å². The largest absolute Gasteiger partial charge is 0.385 e. The molecule has 1 aromatic heterocycles. The van der Waals surface area contributed by atoms with Gasteiger partial charge in [-0.3, -0.25) is 9.59 Å². The first kappa shape index (κ1) is 12.9. The van der Waals surface area contributed by atoms with E-state index in [1.807, 2.05) is 12.1 Å². The Morgan fingerprint density at radius 2 is 2.00 bits per heavy atom. The van der Waals surface area contributed by atoms with Crippen LogP contribution in [0.1, 0.15) is 12.8 Å². The van der Waals surface area contributed by atoms with E-state index >= 15 is 0 Å². The molecule has 3 N–H and O–H groups in total. The molecule has 3 rings (SSSR count). The second-order valence-corrected chi connectivity index (χ2v) is 5.13. The minimum absolute atomic E-state index is 0.522. The van der Waals surface area contributed by atoms with Crippen LogP contribution in [0, 0.1) is 5.92 Å². The van der Waals surface area contributed by atoms with E-state index in [9.17, 15) is 9.59 Å². The number of ether oxygens (including phenoxy) is 1. The minimum Gasteiger partial charge on any atom is -0.385 e.